The van der Waals surface area contributed by atoms with Crippen LogP contribution in [0.25, 0.3) is 0 Å². The van der Waals surface area contributed by atoms with Crippen molar-refractivity contribution >= 4 is 21.6 Å². The second-order valence-electron chi connectivity index (χ2n) is 3.37. The van der Waals surface area contributed by atoms with Crippen molar-refractivity contribution in [2.75, 3.05) is 13.6 Å². The van der Waals surface area contributed by atoms with Crippen LogP contribution in [0.15, 0.2) is 23.1 Å². The van der Waals surface area contributed by atoms with Crippen LogP contribution in [0.2, 0.25) is 0 Å². The molecule has 0 saturated carbocycles. The standard InChI is InChI=1S/C9H10FN3O5S/c1-11-9(14)5-12-19(17,18)6-2-3-8(13(15)16)7(10)4-6/h2-4,12H,5H2,1H3,(H,11,14). The number of hydrogen-bond donors (Lipinski definition) is 2. The minimum Gasteiger partial charge on any atom is -0.358 e. The van der Waals surface area contributed by atoms with Gasteiger partial charge in [-0.05, 0) is 6.07 Å². The van der Waals surface area contributed by atoms with E-state index in [1.807, 2.05) is 4.72 Å². The van der Waals surface area contributed by atoms with E-state index in [4.69, 9.17) is 0 Å². The molecular weight excluding hydrogens is 281 g/mol. The average molecular weight is 291 g/mol. The molecule has 19 heavy (non-hydrogen) atoms. The molecule has 0 bridgehead atoms. The van der Waals surface area contributed by atoms with Gasteiger partial charge >= 0.3 is 5.69 Å². The zero-order chi connectivity index (χ0) is 14.6. The van der Waals surface area contributed by atoms with Crippen molar-refractivity contribution in [1.29, 1.82) is 0 Å². The number of carbonyl (C=O) groups is 1. The normalized spacial score (nSPS) is 11.1. The van der Waals surface area contributed by atoms with Crippen molar-refractivity contribution in [3.63, 3.8) is 0 Å². The number of sulfonamides is 1. The van der Waals surface area contributed by atoms with Gasteiger partial charge in [0.25, 0.3) is 0 Å². The molecule has 0 aromatic heterocycles. The quantitative estimate of drug-likeness (QED) is 0.573. The fourth-order valence-electron chi connectivity index (χ4n) is 1.14. The molecule has 0 unspecified atom stereocenters. The molecule has 1 rings (SSSR count). The number of carbonyl (C=O) groups excluding carboxylic acids is 1. The Balaban J connectivity index is 3.00. The van der Waals surface area contributed by atoms with E-state index in [0.29, 0.717) is 6.07 Å². The van der Waals surface area contributed by atoms with Crippen LogP contribution in [0.1, 0.15) is 0 Å². The fraction of sp³-hybridized carbons (Fsp3) is 0.222. The highest BCUT2D eigenvalue weighted by Gasteiger charge is 2.20. The highest BCUT2D eigenvalue weighted by Crippen LogP contribution is 2.20. The molecule has 1 amide bonds. The van der Waals surface area contributed by atoms with Crippen LogP contribution in [0, 0.1) is 15.9 Å². The van der Waals surface area contributed by atoms with Crippen LogP contribution >= 0.6 is 0 Å². The van der Waals surface area contributed by atoms with Gasteiger partial charge in [-0.25, -0.2) is 13.1 Å². The lowest BCUT2D eigenvalue weighted by Gasteiger charge is -2.06. The summed E-state index contributed by atoms with van der Waals surface area (Å²) in [6, 6.07) is 2.14. The van der Waals surface area contributed by atoms with Gasteiger partial charge in [-0.2, -0.15) is 4.39 Å². The second-order valence-corrected chi connectivity index (χ2v) is 5.14. The van der Waals surface area contributed by atoms with Crippen LogP contribution in [-0.2, 0) is 14.8 Å². The molecule has 0 fully saturated rings. The first-order valence-electron chi connectivity index (χ1n) is 4.92. The predicted molar refractivity (Wildman–Crippen MR) is 62.3 cm³/mol. The van der Waals surface area contributed by atoms with Crippen molar-refractivity contribution in [3.8, 4) is 0 Å². The number of nitrogens with one attached hydrogen (secondary N) is 2. The van der Waals surface area contributed by atoms with Gasteiger partial charge in [0, 0.05) is 19.2 Å². The van der Waals surface area contributed by atoms with Gasteiger partial charge in [-0.3, -0.25) is 14.9 Å². The van der Waals surface area contributed by atoms with Gasteiger partial charge in [0.1, 0.15) is 0 Å². The Morgan fingerprint density at radius 3 is 2.58 bits per heavy atom. The number of nitro groups is 1. The molecule has 0 heterocycles. The van der Waals surface area contributed by atoms with E-state index in [0.717, 1.165) is 12.1 Å². The predicted octanol–water partition coefficient (Wildman–Crippen LogP) is -0.242. The fourth-order valence-corrected chi connectivity index (χ4v) is 2.13. The van der Waals surface area contributed by atoms with Gasteiger partial charge in [0.05, 0.1) is 16.4 Å². The SMILES string of the molecule is CNC(=O)CNS(=O)(=O)c1ccc([N+](=O)[O-])c(F)c1. The van der Waals surface area contributed by atoms with Crippen molar-refractivity contribution in [1.82, 2.24) is 10.0 Å². The van der Waals surface area contributed by atoms with Crippen LogP contribution in [-0.4, -0.2) is 32.8 Å². The Labute approximate surface area is 107 Å². The van der Waals surface area contributed by atoms with E-state index in [-0.39, 0.29) is 0 Å². The number of halogens is 1. The number of nitrogens with zero attached hydrogens (tertiary/aromatic N) is 1. The highest BCUT2D eigenvalue weighted by molar-refractivity contribution is 7.89. The number of nitro benzene ring substituents is 1. The number of hydrogen-bond acceptors (Lipinski definition) is 5. The average Bonchev–Trinajstić information content (AvgIpc) is 2.35. The third kappa shape index (κ3) is 3.69. The first-order valence-corrected chi connectivity index (χ1v) is 6.40. The first kappa shape index (κ1) is 15.0. The summed E-state index contributed by atoms with van der Waals surface area (Å²) < 4.78 is 38.5. The smallest absolute Gasteiger partial charge is 0.304 e. The summed E-state index contributed by atoms with van der Waals surface area (Å²) in [5.41, 5.74) is -0.828. The summed E-state index contributed by atoms with van der Waals surface area (Å²) >= 11 is 0. The van der Waals surface area contributed by atoms with E-state index >= 15 is 0 Å². The Kier molecular flexibility index (Phi) is 4.51. The maximum absolute atomic E-state index is 13.3. The van der Waals surface area contributed by atoms with Gasteiger partial charge in [-0.1, -0.05) is 0 Å². The zero-order valence-electron chi connectivity index (χ0n) is 9.71. The molecule has 8 nitrogen and oxygen atoms in total. The van der Waals surface area contributed by atoms with Gasteiger partial charge in [-0.15, -0.1) is 0 Å². The largest absolute Gasteiger partial charge is 0.358 e. The second kappa shape index (κ2) is 5.71. The van der Waals surface area contributed by atoms with E-state index in [2.05, 4.69) is 5.32 Å². The van der Waals surface area contributed by atoms with Crippen LogP contribution in [0.5, 0.6) is 0 Å². The van der Waals surface area contributed by atoms with Gasteiger partial charge in [0.2, 0.25) is 21.7 Å². The molecule has 0 aliphatic carbocycles. The van der Waals surface area contributed by atoms with Crippen molar-refractivity contribution < 1.29 is 22.5 Å². The summed E-state index contributed by atoms with van der Waals surface area (Å²) in [5, 5.41) is 12.6. The van der Waals surface area contributed by atoms with Gasteiger partial charge < -0.3 is 5.32 Å². The molecule has 1 aromatic rings. The molecular formula is C9H10FN3O5S. The Bertz CT molecular complexity index is 616. The Morgan fingerprint density at radius 1 is 1.47 bits per heavy atom. The topological polar surface area (TPSA) is 118 Å². The molecule has 0 atom stereocenters. The van der Waals surface area contributed by atoms with E-state index < -0.39 is 43.8 Å². The number of likely N-dealkylation sites (N-methyl/N-ethyl adjacent to an activating group) is 1. The molecule has 0 radical (unpaired) electrons. The summed E-state index contributed by atoms with van der Waals surface area (Å²) in [5.74, 6) is -1.85. The van der Waals surface area contributed by atoms with Crippen molar-refractivity contribution in [2.24, 2.45) is 0 Å². The maximum Gasteiger partial charge on any atom is 0.304 e. The van der Waals surface area contributed by atoms with Crippen molar-refractivity contribution in [3.05, 3.63) is 34.1 Å². The van der Waals surface area contributed by atoms with Crippen molar-refractivity contribution in [2.45, 2.75) is 4.90 Å². The summed E-state index contributed by atoms with van der Waals surface area (Å²) in [4.78, 5) is 19.8. The molecule has 104 valence electrons. The monoisotopic (exact) mass is 291 g/mol. The third-order valence-corrected chi connectivity index (χ3v) is 3.53. The van der Waals surface area contributed by atoms with Gasteiger partial charge in [0.15, 0.2) is 0 Å². The summed E-state index contributed by atoms with van der Waals surface area (Å²) in [6.07, 6.45) is 0. The maximum atomic E-state index is 13.3. The van der Waals surface area contributed by atoms with Crippen LogP contribution in [0.3, 0.4) is 0 Å². The zero-order valence-corrected chi connectivity index (χ0v) is 10.5. The number of rotatable bonds is 5. The minimum atomic E-state index is -4.10. The molecule has 10 heteroatoms. The minimum absolute atomic E-state index is 0.500. The van der Waals surface area contributed by atoms with E-state index in [1.165, 1.54) is 7.05 Å². The molecule has 1 aromatic carbocycles. The Morgan fingerprint density at radius 2 is 2.11 bits per heavy atom. The summed E-state index contributed by atoms with van der Waals surface area (Å²) in [7, 11) is -2.78. The Hall–Kier alpha value is -2.07. The number of benzene rings is 1. The third-order valence-electron chi connectivity index (χ3n) is 2.13. The van der Waals surface area contributed by atoms with E-state index in [1.54, 1.807) is 0 Å². The lowest BCUT2D eigenvalue weighted by Crippen LogP contribution is -2.35. The van der Waals surface area contributed by atoms with E-state index in [9.17, 15) is 27.7 Å². The lowest BCUT2D eigenvalue weighted by molar-refractivity contribution is -0.387. The molecule has 0 spiro atoms. The highest BCUT2D eigenvalue weighted by atomic mass is 32.2. The molecule has 0 aliphatic rings. The molecule has 0 aliphatic heterocycles. The molecule has 0 saturated heterocycles. The lowest BCUT2D eigenvalue weighted by atomic mass is 10.3. The molecule has 2 N–H and O–H groups in total. The first-order chi connectivity index (χ1) is 8.77. The number of amides is 1. The van der Waals surface area contributed by atoms with Crippen LogP contribution in [0.4, 0.5) is 10.1 Å². The van der Waals surface area contributed by atoms with Crippen LogP contribution < -0.4 is 10.0 Å². The summed E-state index contributed by atoms with van der Waals surface area (Å²) in [6.45, 7) is -0.516.